The molecule has 1 atom stereocenters. The van der Waals surface area contributed by atoms with Gasteiger partial charge in [-0.2, -0.15) is 11.8 Å². The molecular weight excluding hydrogens is 419 g/mol. The Morgan fingerprint density at radius 3 is 2.33 bits per heavy atom. The number of nitrogens with one attached hydrogen (secondary N) is 2. The number of nitrogens with two attached hydrogens (primary N) is 1. The first-order valence-electron chi connectivity index (χ1n) is 9.03. The highest BCUT2D eigenvalue weighted by atomic mass is 32.2. The summed E-state index contributed by atoms with van der Waals surface area (Å²) in [6.07, 6.45) is -4.54. The highest BCUT2D eigenvalue weighted by Crippen LogP contribution is 2.23. The van der Waals surface area contributed by atoms with E-state index in [1.54, 1.807) is 11.8 Å². The molecule has 0 radical (unpaired) electrons. The number of ether oxygens (including phenoxy) is 1. The van der Waals surface area contributed by atoms with E-state index in [2.05, 4.69) is 15.4 Å². The Bertz CT molecular complexity index is 818. The number of carbonyl (C=O) groups is 2. The van der Waals surface area contributed by atoms with Gasteiger partial charge in [-0.1, -0.05) is 30.3 Å². The summed E-state index contributed by atoms with van der Waals surface area (Å²) in [4.78, 5) is 23.7. The van der Waals surface area contributed by atoms with Gasteiger partial charge in [0.15, 0.2) is 0 Å². The van der Waals surface area contributed by atoms with Crippen molar-refractivity contribution in [2.75, 3.05) is 17.6 Å². The molecule has 0 heterocycles. The average Bonchev–Trinajstić information content (AvgIpc) is 2.69. The number of anilines is 1. The molecule has 2 aromatic carbocycles. The summed E-state index contributed by atoms with van der Waals surface area (Å²) in [5.74, 6) is -0.0239. The zero-order chi connectivity index (χ0) is 22.0. The van der Waals surface area contributed by atoms with E-state index >= 15 is 0 Å². The van der Waals surface area contributed by atoms with Crippen molar-refractivity contribution >= 4 is 29.3 Å². The first-order chi connectivity index (χ1) is 14.2. The van der Waals surface area contributed by atoms with Crippen molar-refractivity contribution in [3.63, 3.8) is 0 Å². The SMILES string of the molecule is NC(=O)[C@@H](CNc1ccc(OC(F)(F)F)cc1)NC(=O)CCSCc1ccccc1. The van der Waals surface area contributed by atoms with Gasteiger partial charge in [-0.05, 0) is 29.8 Å². The van der Waals surface area contributed by atoms with Crippen LogP contribution in [0.25, 0.3) is 0 Å². The minimum Gasteiger partial charge on any atom is -0.406 e. The number of benzene rings is 2. The molecule has 2 rings (SSSR count). The minimum absolute atomic E-state index is 0.00228. The molecule has 0 aliphatic heterocycles. The third kappa shape index (κ3) is 9.08. The molecule has 0 spiro atoms. The summed E-state index contributed by atoms with van der Waals surface area (Å²) in [5, 5.41) is 5.42. The zero-order valence-corrected chi connectivity index (χ0v) is 16.8. The van der Waals surface area contributed by atoms with Gasteiger partial charge in [0.05, 0.1) is 0 Å². The monoisotopic (exact) mass is 441 g/mol. The highest BCUT2D eigenvalue weighted by Gasteiger charge is 2.31. The quantitative estimate of drug-likeness (QED) is 0.466. The number of amides is 2. The molecule has 0 aliphatic carbocycles. The van der Waals surface area contributed by atoms with Crippen LogP contribution in [0.15, 0.2) is 54.6 Å². The molecule has 4 N–H and O–H groups in total. The van der Waals surface area contributed by atoms with Crippen LogP contribution in [0.1, 0.15) is 12.0 Å². The Balaban J connectivity index is 1.74. The molecule has 0 saturated heterocycles. The van der Waals surface area contributed by atoms with Crippen LogP contribution in [0.4, 0.5) is 18.9 Å². The van der Waals surface area contributed by atoms with Crippen molar-refractivity contribution < 1.29 is 27.5 Å². The van der Waals surface area contributed by atoms with E-state index in [0.29, 0.717) is 11.4 Å². The van der Waals surface area contributed by atoms with Crippen molar-refractivity contribution in [3.05, 3.63) is 60.2 Å². The topological polar surface area (TPSA) is 93.5 Å². The molecule has 0 unspecified atom stereocenters. The van der Waals surface area contributed by atoms with Crippen LogP contribution in [0, 0.1) is 0 Å². The standard InChI is InChI=1S/C20H22F3N3O3S/c21-20(22,23)29-16-8-6-15(7-9-16)25-12-17(19(24)28)26-18(27)10-11-30-13-14-4-2-1-3-5-14/h1-9,17,25H,10-13H2,(H2,24,28)(H,26,27)/t17-/m1/s1. The molecular formula is C20H22F3N3O3S. The molecule has 10 heteroatoms. The fourth-order valence-electron chi connectivity index (χ4n) is 2.41. The van der Waals surface area contributed by atoms with Crippen LogP contribution in [0.5, 0.6) is 5.75 Å². The van der Waals surface area contributed by atoms with Gasteiger partial charge in [-0.3, -0.25) is 9.59 Å². The smallest absolute Gasteiger partial charge is 0.406 e. The zero-order valence-electron chi connectivity index (χ0n) is 15.9. The molecule has 0 aromatic heterocycles. The molecule has 30 heavy (non-hydrogen) atoms. The maximum Gasteiger partial charge on any atom is 0.573 e. The first-order valence-corrected chi connectivity index (χ1v) is 10.2. The summed E-state index contributed by atoms with van der Waals surface area (Å²) in [6.45, 7) is -0.00228. The Kier molecular flexibility index (Phi) is 8.85. The van der Waals surface area contributed by atoms with Crippen molar-refractivity contribution in [2.45, 2.75) is 24.6 Å². The van der Waals surface area contributed by atoms with Crippen molar-refractivity contribution in [1.29, 1.82) is 0 Å². The van der Waals surface area contributed by atoms with Crippen LogP contribution in [-0.4, -0.2) is 36.5 Å². The summed E-state index contributed by atoms with van der Waals surface area (Å²) in [5.41, 5.74) is 6.94. The molecule has 2 aromatic rings. The van der Waals surface area contributed by atoms with E-state index in [4.69, 9.17) is 5.73 Å². The fraction of sp³-hybridized carbons (Fsp3) is 0.300. The molecule has 0 bridgehead atoms. The molecule has 162 valence electrons. The molecule has 2 amide bonds. The Morgan fingerprint density at radius 2 is 1.73 bits per heavy atom. The minimum atomic E-state index is -4.77. The third-order valence-electron chi connectivity index (χ3n) is 3.86. The number of alkyl halides is 3. The molecule has 0 saturated carbocycles. The van der Waals surface area contributed by atoms with Crippen molar-refractivity contribution in [2.24, 2.45) is 5.73 Å². The van der Waals surface area contributed by atoms with Gasteiger partial charge in [0.25, 0.3) is 0 Å². The normalized spacial score (nSPS) is 12.1. The molecule has 6 nitrogen and oxygen atoms in total. The van der Waals surface area contributed by atoms with Gasteiger partial charge in [0.2, 0.25) is 11.8 Å². The van der Waals surface area contributed by atoms with Crippen LogP contribution in [-0.2, 0) is 15.3 Å². The number of rotatable bonds is 11. The highest BCUT2D eigenvalue weighted by molar-refractivity contribution is 7.98. The second-order valence-electron chi connectivity index (χ2n) is 6.26. The van der Waals surface area contributed by atoms with Gasteiger partial charge in [0.1, 0.15) is 11.8 Å². The summed E-state index contributed by atoms with van der Waals surface area (Å²) < 4.78 is 40.3. The Labute approximate surface area is 176 Å². The van der Waals surface area contributed by atoms with Crippen molar-refractivity contribution in [1.82, 2.24) is 5.32 Å². The lowest BCUT2D eigenvalue weighted by Crippen LogP contribution is -2.48. The predicted molar refractivity (Wildman–Crippen MR) is 110 cm³/mol. The third-order valence-corrected chi connectivity index (χ3v) is 4.89. The number of thioether (sulfide) groups is 1. The van der Waals surface area contributed by atoms with Crippen LogP contribution < -0.4 is 21.1 Å². The summed E-state index contributed by atoms with van der Waals surface area (Å²) in [7, 11) is 0. The van der Waals surface area contributed by atoms with E-state index in [1.807, 2.05) is 30.3 Å². The maximum absolute atomic E-state index is 12.2. The van der Waals surface area contributed by atoms with E-state index in [-0.39, 0.29) is 24.6 Å². The van der Waals surface area contributed by atoms with E-state index in [0.717, 1.165) is 23.4 Å². The number of primary amides is 1. The lowest BCUT2D eigenvalue weighted by atomic mass is 10.2. The van der Waals surface area contributed by atoms with Crippen LogP contribution in [0.2, 0.25) is 0 Å². The summed E-state index contributed by atoms with van der Waals surface area (Å²) in [6, 6.07) is 13.9. The van der Waals surface area contributed by atoms with Gasteiger partial charge < -0.3 is 21.1 Å². The lowest BCUT2D eigenvalue weighted by molar-refractivity contribution is -0.274. The average molecular weight is 441 g/mol. The Morgan fingerprint density at radius 1 is 1.07 bits per heavy atom. The lowest BCUT2D eigenvalue weighted by Gasteiger charge is -2.17. The summed E-state index contributed by atoms with van der Waals surface area (Å²) >= 11 is 1.60. The molecule has 0 aliphatic rings. The molecule has 0 fully saturated rings. The number of hydrogen-bond acceptors (Lipinski definition) is 5. The van der Waals surface area contributed by atoms with Crippen molar-refractivity contribution in [3.8, 4) is 5.75 Å². The van der Waals surface area contributed by atoms with Gasteiger partial charge in [-0.15, -0.1) is 13.2 Å². The van der Waals surface area contributed by atoms with E-state index in [9.17, 15) is 22.8 Å². The number of halogens is 3. The predicted octanol–water partition coefficient (Wildman–Crippen LogP) is 3.29. The van der Waals surface area contributed by atoms with Crippen LogP contribution >= 0.6 is 11.8 Å². The first kappa shape index (κ1) is 23.4. The second-order valence-corrected chi connectivity index (χ2v) is 7.37. The van der Waals surface area contributed by atoms with Gasteiger partial charge in [0, 0.05) is 30.2 Å². The Hall–Kier alpha value is -2.88. The fourth-order valence-corrected chi connectivity index (χ4v) is 3.31. The number of carbonyl (C=O) groups excluding carboxylic acids is 2. The maximum atomic E-state index is 12.2. The second kappa shape index (κ2) is 11.3. The van der Waals surface area contributed by atoms with Crippen LogP contribution in [0.3, 0.4) is 0 Å². The van der Waals surface area contributed by atoms with E-state index < -0.39 is 18.3 Å². The van der Waals surface area contributed by atoms with Gasteiger partial charge in [-0.25, -0.2) is 0 Å². The number of hydrogen-bond donors (Lipinski definition) is 3. The largest absolute Gasteiger partial charge is 0.573 e. The van der Waals surface area contributed by atoms with Gasteiger partial charge >= 0.3 is 6.36 Å². The van der Waals surface area contributed by atoms with E-state index in [1.165, 1.54) is 12.1 Å².